The van der Waals surface area contributed by atoms with Crippen molar-refractivity contribution in [2.24, 2.45) is 0 Å². The Kier molecular flexibility index (Phi) is 17.8. The highest BCUT2D eigenvalue weighted by atomic mass is 16.3. The van der Waals surface area contributed by atoms with Crippen LogP contribution in [-0.4, -0.2) is 33.4 Å². The Morgan fingerprint density at radius 3 is 1.42 bits per heavy atom. The molecular formula is C22H43NO3. The summed E-state index contributed by atoms with van der Waals surface area (Å²) >= 11 is 0. The van der Waals surface area contributed by atoms with Crippen LogP contribution in [0.1, 0.15) is 104 Å². The van der Waals surface area contributed by atoms with Gasteiger partial charge in [0.15, 0.2) is 0 Å². The molecule has 0 rings (SSSR count). The van der Waals surface area contributed by atoms with Crippen molar-refractivity contribution in [3.05, 3.63) is 23.9 Å². The molecule has 0 amide bonds. The minimum Gasteiger partial charge on any atom is -0.511 e. The van der Waals surface area contributed by atoms with E-state index in [1.54, 1.807) is 17.3 Å². The summed E-state index contributed by atoms with van der Waals surface area (Å²) in [6, 6.07) is 0. The topological polar surface area (TPSA) is 63.9 Å². The van der Waals surface area contributed by atoms with E-state index < -0.39 is 0 Å². The zero-order valence-corrected chi connectivity index (χ0v) is 17.3. The van der Waals surface area contributed by atoms with Gasteiger partial charge in [0.05, 0.1) is 6.61 Å². The van der Waals surface area contributed by atoms with Crippen LogP contribution in [0.2, 0.25) is 0 Å². The molecule has 0 aromatic carbocycles. The van der Waals surface area contributed by atoms with Crippen LogP contribution in [-0.2, 0) is 0 Å². The molecule has 0 bridgehead atoms. The number of allylic oxidation sites excluding steroid dienone is 2. The minimum absolute atomic E-state index is 0.0123. The minimum atomic E-state index is -0.0123. The van der Waals surface area contributed by atoms with Crippen LogP contribution < -0.4 is 0 Å². The van der Waals surface area contributed by atoms with Crippen LogP contribution in [0, 0.1) is 0 Å². The maximum absolute atomic E-state index is 10.1. The van der Waals surface area contributed by atoms with Crippen LogP contribution >= 0.6 is 0 Å². The molecule has 0 saturated carbocycles. The molecule has 0 radical (unpaired) electrons. The fourth-order valence-corrected chi connectivity index (χ4v) is 2.97. The molecule has 0 atom stereocenters. The van der Waals surface area contributed by atoms with E-state index in [4.69, 9.17) is 0 Å². The zero-order valence-electron chi connectivity index (χ0n) is 17.3. The van der Waals surface area contributed by atoms with Gasteiger partial charge in [-0.25, -0.2) is 0 Å². The summed E-state index contributed by atoms with van der Waals surface area (Å²) in [6.45, 7) is 4.78. The highest BCUT2D eigenvalue weighted by molar-refractivity contribution is 4.99. The van der Waals surface area contributed by atoms with Gasteiger partial charge < -0.3 is 20.2 Å². The van der Waals surface area contributed by atoms with Gasteiger partial charge in [-0.15, -0.1) is 0 Å². The number of hydrogen-bond donors (Lipinski definition) is 3. The molecule has 26 heavy (non-hydrogen) atoms. The molecule has 0 fully saturated rings. The molecule has 0 unspecified atom stereocenters. The Bertz CT molecular complexity index is 334. The zero-order chi connectivity index (χ0) is 19.5. The van der Waals surface area contributed by atoms with Gasteiger partial charge in [0.2, 0.25) is 0 Å². The van der Waals surface area contributed by atoms with Crippen LogP contribution in [0.15, 0.2) is 23.9 Å². The lowest BCUT2D eigenvalue weighted by Gasteiger charge is -2.16. The SMILES string of the molecule is CCCCCCCC/C(O)=C/N(/C=C(\O)CCCCCCCC)CCO. The molecule has 0 aliphatic heterocycles. The normalized spacial score (nSPS) is 12.6. The average molecular weight is 370 g/mol. The molecule has 4 heteroatoms. The Hall–Kier alpha value is -1.16. The fraction of sp³-hybridized carbons (Fsp3) is 0.818. The predicted octanol–water partition coefficient (Wildman–Crippen LogP) is 6.58. The number of aliphatic hydroxyl groups excluding tert-OH is 3. The number of aliphatic hydroxyl groups is 3. The van der Waals surface area contributed by atoms with E-state index in [-0.39, 0.29) is 6.61 Å². The third kappa shape index (κ3) is 16.3. The molecule has 0 aliphatic rings. The standard InChI is InChI=1S/C22H43NO3/c1-3-5-7-9-11-13-15-21(25)19-23(17-18-24)20-22(26)16-14-12-10-8-6-4-2/h19-20,24-26H,3-18H2,1-2H3/b21-19-,22-20-. The summed E-state index contributed by atoms with van der Waals surface area (Å²) in [5.41, 5.74) is 0. The number of rotatable bonds is 18. The van der Waals surface area contributed by atoms with E-state index in [1.807, 2.05) is 0 Å². The van der Waals surface area contributed by atoms with E-state index in [1.165, 1.54) is 51.4 Å². The van der Waals surface area contributed by atoms with Gasteiger partial charge in [0.25, 0.3) is 0 Å². The Balaban J connectivity index is 4.16. The second-order valence-electron chi connectivity index (χ2n) is 7.24. The van der Waals surface area contributed by atoms with Crippen molar-refractivity contribution >= 4 is 0 Å². The van der Waals surface area contributed by atoms with Crippen molar-refractivity contribution in [3.63, 3.8) is 0 Å². The number of nitrogens with zero attached hydrogens (tertiary/aromatic N) is 1. The summed E-state index contributed by atoms with van der Waals surface area (Å²) in [7, 11) is 0. The third-order valence-electron chi connectivity index (χ3n) is 4.56. The molecule has 0 aliphatic carbocycles. The lowest BCUT2D eigenvalue weighted by atomic mass is 10.1. The van der Waals surface area contributed by atoms with E-state index in [2.05, 4.69) is 13.8 Å². The van der Waals surface area contributed by atoms with Crippen LogP contribution in [0.3, 0.4) is 0 Å². The number of hydrogen-bond acceptors (Lipinski definition) is 4. The summed E-state index contributed by atoms with van der Waals surface area (Å²) in [6.07, 6.45) is 18.9. The van der Waals surface area contributed by atoms with Crippen molar-refractivity contribution in [2.75, 3.05) is 13.2 Å². The van der Waals surface area contributed by atoms with Crippen LogP contribution in [0.4, 0.5) is 0 Å². The molecule has 0 heterocycles. The van der Waals surface area contributed by atoms with Gasteiger partial charge in [-0.1, -0.05) is 78.1 Å². The van der Waals surface area contributed by atoms with E-state index >= 15 is 0 Å². The quantitative estimate of drug-likeness (QED) is 0.188. The van der Waals surface area contributed by atoms with Gasteiger partial charge in [-0.2, -0.15) is 0 Å². The van der Waals surface area contributed by atoms with Crippen molar-refractivity contribution < 1.29 is 15.3 Å². The largest absolute Gasteiger partial charge is 0.511 e. The monoisotopic (exact) mass is 369 g/mol. The first-order chi connectivity index (χ1) is 12.6. The van der Waals surface area contributed by atoms with Crippen LogP contribution in [0.25, 0.3) is 0 Å². The van der Waals surface area contributed by atoms with Gasteiger partial charge in [0, 0.05) is 31.8 Å². The molecular weight excluding hydrogens is 326 g/mol. The van der Waals surface area contributed by atoms with E-state index in [0.29, 0.717) is 30.9 Å². The summed E-state index contributed by atoms with van der Waals surface area (Å²) < 4.78 is 0. The number of unbranched alkanes of at least 4 members (excludes halogenated alkanes) is 10. The lowest BCUT2D eigenvalue weighted by Crippen LogP contribution is -2.16. The predicted molar refractivity (Wildman–Crippen MR) is 111 cm³/mol. The average Bonchev–Trinajstić information content (AvgIpc) is 2.61. The Labute approximate surface area is 161 Å². The first-order valence-corrected chi connectivity index (χ1v) is 10.8. The fourth-order valence-electron chi connectivity index (χ4n) is 2.97. The second kappa shape index (κ2) is 18.6. The summed E-state index contributed by atoms with van der Waals surface area (Å²) in [4.78, 5) is 1.69. The first kappa shape index (κ1) is 24.8. The first-order valence-electron chi connectivity index (χ1n) is 10.8. The summed E-state index contributed by atoms with van der Waals surface area (Å²) in [5.74, 6) is 0.634. The Morgan fingerprint density at radius 1 is 0.654 bits per heavy atom. The molecule has 154 valence electrons. The van der Waals surface area contributed by atoms with Crippen molar-refractivity contribution in [2.45, 2.75) is 104 Å². The molecule has 0 aromatic rings. The second-order valence-corrected chi connectivity index (χ2v) is 7.24. The molecule has 0 aromatic heterocycles. The molecule has 4 nitrogen and oxygen atoms in total. The van der Waals surface area contributed by atoms with E-state index in [9.17, 15) is 15.3 Å². The highest BCUT2D eigenvalue weighted by Crippen LogP contribution is 2.13. The molecule has 0 spiro atoms. The third-order valence-corrected chi connectivity index (χ3v) is 4.56. The van der Waals surface area contributed by atoms with Crippen molar-refractivity contribution in [1.82, 2.24) is 4.90 Å². The van der Waals surface area contributed by atoms with Crippen molar-refractivity contribution in [3.8, 4) is 0 Å². The van der Waals surface area contributed by atoms with Crippen LogP contribution in [0.5, 0.6) is 0 Å². The maximum Gasteiger partial charge on any atom is 0.108 e. The van der Waals surface area contributed by atoms with Gasteiger partial charge in [0.1, 0.15) is 11.5 Å². The van der Waals surface area contributed by atoms with Gasteiger partial charge in [-0.3, -0.25) is 0 Å². The van der Waals surface area contributed by atoms with Gasteiger partial charge in [-0.05, 0) is 12.8 Å². The molecule has 0 saturated heterocycles. The van der Waals surface area contributed by atoms with Gasteiger partial charge >= 0.3 is 0 Å². The highest BCUT2D eigenvalue weighted by Gasteiger charge is 2.03. The lowest BCUT2D eigenvalue weighted by molar-refractivity contribution is 0.252. The Morgan fingerprint density at radius 2 is 1.04 bits per heavy atom. The molecule has 3 N–H and O–H groups in total. The maximum atomic E-state index is 10.1. The summed E-state index contributed by atoms with van der Waals surface area (Å²) in [5, 5.41) is 29.4. The smallest absolute Gasteiger partial charge is 0.108 e. The van der Waals surface area contributed by atoms with E-state index in [0.717, 1.165) is 25.7 Å². The van der Waals surface area contributed by atoms with Crippen molar-refractivity contribution in [1.29, 1.82) is 0 Å².